The topological polar surface area (TPSA) is 20.2 Å². The van der Waals surface area contributed by atoms with Crippen LogP contribution in [-0.4, -0.2) is 5.11 Å². The number of hydrogen-bond donors (Lipinski definition) is 1. The van der Waals surface area contributed by atoms with Gasteiger partial charge in [0.25, 0.3) is 0 Å². The van der Waals surface area contributed by atoms with Crippen LogP contribution in [0, 0.1) is 5.92 Å². The fourth-order valence-electron chi connectivity index (χ4n) is 3.36. The fourth-order valence-corrected chi connectivity index (χ4v) is 3.36. The second kappa shape index (κ2) is 7.09. The van der Waals surface area contributed by atoms with Crippen molar-refractivity contribution in [3.63, 3.8) is 0 Å². The van der Waals surface area contributed by atoms with E-state index in [0.29, 0.717) is 0 Å². The quantitative estimate of drug-likeness (QED) is 0.805. The molecule has 1 aliphatic rings. The van der Waals surface area contributed by atoms with E-state index in [4.69, 9.17) is 0 Å². The number of rotatable bonds is 5. The first-order valence-electron chi connectivity index (χ1n) is 8.04. The van der Waals surface area contributed by atoms with E-state index >= 15 is 0 Å². The fraction of sp³-hybridized carbons (Fsp3) is 0.667. The van der Waals surface area contributed by atoms with E-state index in [-0.39, 0.29) is 6.10 Å². The monoisotopic (exact) mass is 260 g/mol. The summed E-state index contributed by atoms with van der Waals surface area (Å²) >= 11 is 0. The molecule has 1 nitrogen and oxygen atoms in total. The molecule has 0 spiro atoms. The van der Waals surface area contributed by atoms with Crippen LogP contribution < -0.4 is 0 Å². The highest BCUT2D eigenvalue weighted by Crippen LogP contribution is 2.33. The van der Waals surface area contributed by atoms with Crippen molar-refractivity contribution in [3.05, 3.63) is 34.9 Å². The molecule has 0 aromatic heterocycles. The average Bonchev–Trinajstić information content (AvgIpc) is 2.47. The molecule has 1 aromatic rings. The van der Waals surface area contributed by atoms with Gasteiger partial charge in [-0.3, -0.25) is 0 Å². The summed E-state index contributed by atoms with van der Waals surface area (Å²) in [6.07, 6.45) is 9.48. The molecule has 2 rings (SSSR count). The molecule has 0 bridgehead atoms. The van der Waals surface area contributed by atoms with Crippen molar-refractivity contribution in [2.45, 2.75) is 71.3 Å². The summed E-state index contributed by atoms with van der Waals surface area (Å²) in [7, 11) is 0. The SMILES string of the molecule is CCc1ccc(CC)c(C(O)CC2CCCCC2)c1. The van der Waals surface area contributed by atoms with Crippen LogP contribution in [0.1, 0.15) is 75.2 Å². The van der Waals surface area contributed by atoms with Crippen LogP contribution in [0.5, 0.6) is 0 Å². The first-order chi connectivity index (χ1) is 9.24. The van der Waals surface area contributed by atoms with Crippen molar-refractivity contribution in [2.75, 3.05) is 0 Å². The molecule has 1 aromatic carbocycles. The summed E-state index contributed by atoms with van der Waals surface area (Å²) in [6.45, 7) is 4.36. The van der Waals surface area contributed by atoms with Crippen molar-refractivity contribution in [3.8, 4) is 0 Å². The van der Waals surface area contributed by atoms with Crippen LogP contribution in [0.3, 0.4) is 0 Å². The Balaban J connectivity index is 2.09. The molecular formula is C18H28O. The minimum atomic E-state index is -0.260. The van der Waals surface area contributed by atoms with Crippen LogP contribution in [0.2, 0.25) is 0 Å². The lowest BCUT2D eigenvalue weighted by atomic mass is 9.83. The molecule has 0 saturated heterocycles. The molecule has 1 aliphatic carbocycles. The zero-order valence-electron chi connectivity index (χ0n) is 12.5. The molecule has 0 amide bonds. The molecule has 1 N–H and O–H groups in total. The van der Waals surface area contributed by atoms with Crippen molar-refractivity contribution in [2.24, 2.45) is 5.92 Å². The molecule has 1 unspecified atom stereocenters. The van der Waals surface area contributed by atoms with Crippen molar-refractivity contribution in [1.29, 1.82) is 0 Å². The minimum absolute atomic E-state index is 0.260. The van der Waals surface area contributed by atoms with E-state index in [1.165, 1.54) is 48.8 Å². The van der Waals surface area contributed by atoms with Crippen LogP contribution in [-0.2, 0) is 12.8 Å². The van der Waals surface area contributed by atoms with Gasteiger partial charge in [-0.15, -0.1) is 0 Å². The van der Waals surface area contributed by atoms with Gasteiger partial charge in [-0.1, -0.05) is 64.2 Å². The van der Waals surface area contributed by atoms with Gasteiger partial charge in [0, 0.05) is 0 Å². The molecule has 106 valence electrons. The number of hydrogen-bond acceptors (Lipinski definition) is 1. The number of aliphatic hydroxyl groups excluding tert-OH is 1. The normalized spacial score (nSPS) is 18.5. The molecule has 1 saturated carbocycles. The Bertz CT molecular complexity index is 391. The first kappa shape index (κ1) is 14.6. The van der Waals surface area contributed by atoms with E-state index in [2.05, 4.69) is 32.0 Å². The Kier molecular flexibility index (Phi) is 5.45. The van der Waals surface area contributed by atoms with Gasteiger partial charge < -0.3 is 5.11 Å². The molecule has 1 atom stereocenters. The van der Waals surface area contributed by atoms with Gasteiger partial charge in [-0.05, 0) is 41.9 Å². The largest absolute Gasteiger partial charge is 0.388 e. The van der Waals surface area contributed by atoms with Gasteiger partial charge in [-0.25, -0.2) is 0 Å². The van der Waals surface area contributed by atoms with Crippen LogP contribution >= 0.6 is 0 Å². The summed E-state index contributed by atoms with van der Waals surface area (Å²) in [5.74, 6) is 0.735. The molecule has 19 heavy (non-hydrogen) atoms. The summed E-state index contributed by atoms with van der Waals surface area (Å²) in [5, 5.41) is 10.6. The second-order valence-corrected chi connectivity index (χ2v) is 6.00. The molecule has 0 radical (unpaired) electrons. The maximum Gasteiger partial charge on any atom is 0.0795 e. The molecule has 0 heterocycles. The predicted octanol–water partition coefficient (Wildman–Crippen LogP) is 4.82. The van der Waals surface area contributed by atoms with Gasteiger partial charge in [0.2, 0.25) is 0 Å². The highest BCUT2D eigenvalue weighted by atomic mass is 16.3. The smallest absolute Gasteiger partial charge is 0.0795 e. The lowest BCUT2D eigenvalue weighted by Gasteiger charge is -2.25. The van der Waals surface area contributed by atoms with Crippen molar-refractivity contribution in [1.82, 2.24) is 0 Å². The third-order valence-electron chi connectivity index (χ3n) is 4.64. The van der Waals surface area contributed by atoms with Crippen molar-refractivity contribution >= 4 is 0 Å². The zero-order chi connectivity index (χ0) is 13.7. The van der Waals surface area contributed by atoms with Gasteiger partial charge in [-0.2, -0.15) is 0 Å². The van der Waals surface area contributed by atoms with Crippen molar-refractivity contribution < 1.29 is 5.11 Å². The summed E-state index contributed by atoms with van der Waals surface area (Å²) in [4.78, 5) is 0. The van der Waals surface area contributed by atoms with Crippen LogP contribution in [0.4, 0.5) is 0 Å². The van der Waals surface area contributed by atoms with E-state index in [9.17, 15) is 5.11 Å². The number of benzene rings is 1. The predicted molar refractivity (Wildman–Crippen MR) is 81.3 cm³/mol. The van der Waals surface area contributed by atoms with E-state index in [0.717, 1.165) is 25.2 Å². The zero-order valence-corrected chi connectivity index (χ0v) is 12.5. The third kappa shape index (κ3) is 3.82. The molecule has 1 fully saturated rings. The van der Waals surface area contributed by atoms with E-state index < -0.39 is 0 Å². The third-order valence-corrected chi connectivity index (χ3v) is 4.64. The Morgan fingerprint density at radius 1 is 1.11 bits per heavy atom. The van der Waals surface area contributed by atoms with Gasteiger partial charge in [0.05, 0.1) is 6.10 Å². The average molecular weight is 260 g/mol. The van der Waals surface area contributed by atoms with Gasteiger partial charge >= 0.3 is 0 Å². The summed E-state index contributed by atoms with van der Waals surface area (Å²) in [6, 6.07) is 6.64. The summed E-state index contributed by atoms with van der Waals surface area (Å²) < 4.78 is 0. The highest BCUT2D eigenvalue weighted by molar-refractivity contribution is 5.34. The maximum atomic E-state index is 10.6. The van der Waals surface area contributed by atoms with E-state index in [1.807, 2.05) is 0 Å². The minimum Gasteiger partial charge on any atom is -0.388 e. The van der Waals surface area contributed by atoms with Gasteiger partial charge in [0.1, 0.15) is 0 Å². The Hall–Kier alpha value is -0.820. The Morgan fingerprint density at radius 2 is 1.84 bits per heavy atom. The van der Waals surface area contributed by atoms with Crippen LogP contribution in [0.25, 0.3) is 0 Å². The molecular weight excluding hydrogens is 232 g/mol. The lowest BCUT2D eigenvalue weighted by molar-refractivity contribution is 0.130. The van der Waals surface area contributed by atoms with Gasteiger partial charge in [0.15, 0.2) is 0 Å². The second-order valence-electron chi connectivity index (χ2n) is 6.00. The standard InChI is InChI=1S/C18H28O/c1-3-14-10-11-16(4-2)17(12-14)18(19)13-15-8-6-5-7-9-15/h10-12,15,18-19H,3-9,13H2,1-2H3. The lowest BCUT2D eigenvalue weighted by Crippen LogP contribution is -2.12. The molecule has 1 heteroatoms. The highest BCUT2D eigenvalue weighted by Gasteiger charge is 2.20. The number of aryl methyl sites for hydroxylation is 2. The molecule has 0 aliphatic heterocycles. The maximum absolute atomic E-state index is 10.6. The first-order valence-corrected chi connectivity index (χ1v) is 8.04. The summed E-state index contributed by atoms with van der Waals surface area (Å²) in [5.41, 5.74) is 3.85. The Labute approximate surface area is 118 Å². The van der Waals surface area contributed by atoms with E-state index in [1.54, 1.807) is 0 Å². The Morgan fingerprint density at radius 3 is 2.47 bits per heavy atom. The number of aliphatic hydroxyl groups is 1. The van der Waals surface area contributed by atoms with Crippen LogP contribution in [0.15, 0.2) is 18.2 Å².